The molecule has 2 rings (SSSR count). The summed E-state index contributed by atoms with van der Waals surface area (Å²) < 4.78 is 0. The van der Waals surface area contributed by atoms with Crippen molar-refractivity contribution in [3.05, 3.63) is 29.6 Å². The highest BCUT2D eigenvalue weighted by Gasteiger charge is 2.24. The topological polar surface area (TPSA) is 38.9 Å². The number of hydrogen-bond donors (Lipinski definition) is 1. The molecular weight excluding hydrogens is 160 g/mol. The van der Waals surface area contributed by atoms with E-state index in [0.29, 0.717) is 0 Å². The van der Waals surface area contributed by atoms with Crippen LogP contribution in [0.2, 0.25) is 0 Å². The lowest BCUT2D eigenvalue weighted by molar-refractivity contribution is 0.592. The van der Waals surface area contributed by atoms with Crippen LogP contribution in [0.15, 0.2) is 18.5 Å². The predicted molar refractivity (Wildman–Crippen MR) is 53.2 cm³/mol. The number of nitrogens with two attached hydrogens (primary N) is 1. The van der Waals surface area contributed by atoms with E-state index < -0.39 is 0 Å². The van der Waals surface area contributed by atoms with Crippen LogP contribution in [0, 0.1) is 12.8 Å². The summed E-state index contributed by atoms with van der Waals surface area (Å²) in [6, 6.07) is 2.23. The Balaban J connectivity index is 2.09. The summed E-state index contributed by atoms with van der Waals surface area (Å²) in [5.41, 5.74) is 8.58. The molecule has 1 aromatic rings. The molecule has 0 spiro atoms. The molecule has 0 unspecified atom stereocenters. The number of hydrogen-bond acceptors (Lipinski definition) is 2. The Morgan fingerprint density at radius 2 is 2.38 bits per heavy atom. The fourth-order valence-electron chi connectivity index (χ4n) is 1.70. The summed E-state index contributed by atoms with van der Waals surface area (Å²) in [5, 5.41) is 0. The maximum absolute atomic E-state index is 6.10. The third kappa shape index (κ3) is 2.07. The van der Waals surface area contributed by atoms with E-state index in [1.807, 2.05) is 18.5 Å². The van der Waals surface area contributed by atoms with Crippen LogP contribution in [0.3, 0.4) is 0 Å². The highest BCUT2D eigenvalue weighted by Crippen LogP contribution is 2.36. The number of nitrogens with zero attached hydrogens (tertiary/aromatic N) is 1. The largest absolute Gasteiger partial charge is 0.324 e. The van der Waals surface area contributed by atoms with Crippen LogP contribution in [-0.2, 0) is 0 Å². The van der Waals surface area contributed by atoms with Crippen molar-refractivity contribution in [1.29, 1.82) is 0 Å². The van der Waals surface area contributed by atoms with Gasteiger partial charge in [-0.15, -0.1) is 0 Å². The lowest BCUT2D eigenvalue weighted by Gasteiger charge is -2.12. The van der Waals surface area contributed by atoms with Gasteiger partial charge in [-0.1, -0.05) is 12.8 Å². The summed E-state index contributed by atoms with van der Waals surface area (Å²) in [6.07, 6.45) is 7.59. The summed E-state index contributed by atoms with van der Waals surface area (Å²) in [6.45, 7) is 2.10. The first-order chi connectivity index (χ1) is 6.27. The third-order valence-corrected chi connectivity index (χ3v) is 2.76. The van der Waals surface area contributed by atoms with E-state index in [9.17, 15) is 0 Å². The van der Waals surface area contributed by atoms with Gasteiger partial charge in [-0.05, 0) is 36.5 Å². The summed E-state index contributed by atoms with van der Waals surface area (Å²) in [5.74, 6) is 0.884. The van der Waals surface area contributed by atoms with Crippen LogP contribution in [0.1, 0.15) is 36.4 Å². The minimum atomic E-state index is 0.196. The molecule has 1 aliphatic rings. The molecule has 0 radical (unpaired) electrons. The van der Waals surface area contributed by atoms with E-state index in [0.717, 1.165) is 12.3 Å². The molecule has 2 heteroatoms. The fourth-order valence-corrected chi connectivity index (χ4v) is 1.70. The number of aromatic nitrogens is 1. The normalized spacial score (nSPS) is 18.6. The summed E-state index contributed by atoms with van der Waals surface area (Å²) in [7, 11) is 0. The molecule has 1 atom stereocenters. The Hall–Kier alpha value is -0.890. The highest BCUT2D eigenvalue weighted by atomic mass is 14.7. The van der Waals surface area contributed by atoms with E-state index in [4.69, 9.17) is 5.73 Å². The van der Waals surface area contributed by atoms with Gasteiger partial charge in [-0.2, -0.15) is 0 Å². The van der Waals surface area contributed by atoms with Crippen LogP contribution in [0.25, 0.3) is 0 Å². The van der Waals surface area contributed by atoms with E-state index in [2.05, 4.69) is 11.9 Å². The first-order valence-electron chi connectivity index (χ1n) is 4.93. The Labute approximate surface area is 79.2 Å². The molecule has 1 aromatic heterocycles. The first kappa shape index (κ1) is 8.70. The van der Waals surface area contributed by atoms with Crippen molar-refractivity contribution in [2.24, 2.45) is 11.7 Å². The molecule has 0 saturated heterocycles. The lowest BCUT2D eigenvalue weighted by Crippen LogP contribution is -2.12. The van der Waals surface area contributed by atoms with E-state index >= 15 is 0 Å². The van der Waals surface area contributed by atoms with Crippen molar-refractivity contribution in [3.63, 3.8) is 0 Å². The molecule has 0 bridgehead atoms. The van der Waals surface area contributed by atoms with Gasteiger partial charge in [0.15, 0.2) is 0 Å². The molecule has 1 fully saturated rings. The van der Waals surface area contributed by atoms with Crippen LogP contribution < -0.4 is 5.73 Å². The van der Waals surface area contributed by atoms with E-state index in [1.165, 1.54) is 24.0 Å². The maximum atomic E-state index is 6.10. The molecule has 0 aromatic carbocycles. The minimum Gasteiger partial charge on any atom is -0.324 e. The van der Waals surface area contributed by atoms with Crippen molar-refractivity contribution < 1.29 is 0 Å². The predicted octanol–water partition coefficient (Wildman–Crippen LogP) is 2.19. The SMILES string of the molecule is Cc1ccncc1[C@@H](N)CC1CC1. The Bertz CT molecular complexity index is 292. The second-order valence-corrected chi connectivity index (χ2v) is 4.02. The maximum Gasteiger partial charge on any atom is 0.0318 e. The van der Waals surface area contributed by atoms with Gasteiger partial charge in [0.05, 0.1) is 0 Å². The van der Waals surface area contributed by atoms with Crippen LogP contribution >= 0.6 is 0 Å². The van der Waals surface area contributed by atoms with Gasteiger partial charge in [-0.3, -0.25) is 4.98 Å². The third-order valence-electron chi connectivity index (χ3n) is 2.76. The number of pyridine rings is 1. The Kier molecular flexibility index (Phi) is 2.32. The van der Waals surface area contributed by atoms with Gasteiger partial charge in [0.2, 0.25) is 0 Å². The summed E-state index contributed by atoms with van der Waals surface area (Å²) in [4.78, 5) is 4.11. The van der Waals surface area contributed by atoms with Gasteiger partial charge in [0.1, 0.15) is 0 Å². The van der Waals surface area contributed by atoms with Crippen LogP contribution in [-0.4, -0.2) is 4.98 Å². The summed E-state index contributed by atoms with van der Waals surface area (Å²) >= 11 is 0. The smallest absolute Gasteiger partial charge is 0.0318 e. The molecule has 13 heavy (non-hydrogen) atoms. The minimum absolute atomic E-state index is 0.196. The number of rotatable bonds is 3. The van der Waals surface area contributed by atoms with Gasteiger partial charge in [0.25, 0.3) is 0 Å². The zero-order valence-electron chi connectivity index (χ0n) is 8.03. The highest BCUT2D eigenvalue weighted by molar-refractivity contribution is 5.24. The van der Waals surface area contributed by atoms with Gasteiger partial charge < -0.3 is 5.73 Å². The molecule has 1 aliphatic carbocycles. The zero-order chi connectivity index (χ0) is 9.26. The molecular formula is C11H16N2. The molecule has 0 aliphatic heterocycles. The Morgan fingerprint density at radius 3 is 3.00 bits per heavy atom. The van der Waals surface area contributed by atoms with Crippen molar-refractivity contribution in [3.8, 4) is 0 Å². The lowest BCUT2D eigenvalue weighted by atomic mass is 10.00. The molecule has 1 saturated carbocycles. The standard InChI is InChI=1S/C11H16N2/c1-8-4-5-13-7-10(8)11(12)6-9-2-3-9/h4-5,7,9,11H,2-3,6,12H2,1H3/t11-/m0/s1. The zero-order valence-corrected chi connectivity index (χ0v) is 8.03. The quantitative estimate of drug-likeness (QED) is 0.766. The van der Waals surface area contributed by atoms with Gasteiger partial charge >= 0.3 is 0 Å². The molecule has 2 nitrogen and oxygen atoms in total. The van der Waals surface area contributed by atoms with E-state index in [1.54, 1.807) is 0 Å². The molecule has 2 N–H and O–H groups in total. The fraction of sp³-hybridized carbons (Fsp3) is 0.545. The average Bonchev–Trinajstić information content (AvgIpc) is 2.89. The van der Waals surface area contributed by atoms with Crippen LogP contribution in [0.4, 0.5) is 0 Å². The van der Waals surface area contributed by atoms with Crippen molar-refractivity contribution >= 4 is 0 Å². The van der Waals surface area contributed by atoms with Crippen molar-refractivity contribution in [2.45, 2.75) is 32.2 Å². The second kappa shape index (κ2) is 3.46. The molecule has 0 amide bonds. The van der Waals surface area contributed by atoms with Crippen molar-refractivity contribution in [2.75, 3.05) is 0 Å². The molecule has 1 heterocycles. The number of aryl methyl sites for hydroxylation is 1. The van der Waals surface area contributed by atoms with Crippen LogP contribution in [0.5, 0.6) is 0 Å². The van der Waals surface area contributed by atoms with E-state index in [-0.39, 0.29) is 6.04 Å². The molecule has 70 valence electrons. The average molecular weight is 176 g/mol. The monoisotopic (exact) mass is 176 g/mol. The first-order valence-corrected chi connectivity index (χ1v) is 4.93. The van der Waals surface area contributed by atoms with Crippen molar-refractivity contribution in [1.82, 2.24) is 4.98 Å². The second-order valence-electron chi connectivity index (χ2n) is 4.02. The van der Waals surface area contributed by atoms with Gasteiger partial charge in [-0.25, -0.2) is 0 Å². The van der Waals surface area contributed by atoms with Gasteiger partial charge in [0, 0.05) is 18.4 Å². The Morgan fingerprint density at radius 1 is 1.62 bits per heavy atom.